The Morgan fingerprint density at radius 2 is 1.58 bits per heavy atom. The molecule has 1 aliphatic heterocycles. The van der Waals surface area contributed by atoms with Crippen LogP contribution in [0.2, 0.25) is 0 Å². The Labute approximate surface area is 293 Å². The van der Waals surface area contributed by atoms with Crippen molar-refractivity contribution in [1.82, 2.24) is 25.6 Å². The number of hydrogen-bond acceptors (Lipinski definition) is 8. The third-order valence-electron chi connectivity index (χ3n) is 11.1. The second-order valence-electron chi connectivity index (χ2n) is 16.1. The van der Waals surface area contributed by atoms with Crippen LogP contribution in [0.4, 0.5) is 4.79 Å². The van der Waals surface area contributed by atoms with Crippen molar-refractivity contribution in [3.8, 4) is 0 Å². The highest BCUT2D eigenvalue weighted by Crippen LogP contribution is 2.65. The third-order valence-corrected chi connectivity index (χ3v) is 12.4. The van der Waals surface area contributed by atoms with Crippen LogP contribution in [0.3, 0.4) is 0 Å². The minimum Gasteiger partial charge on any atom is -0.363 e. The molecule has 1 unspecified atom stereocenters. The first kappa shape index (κ1) is 37.3. The molecule has 1 saturated heterocycles. The predicted molar refractivity (Wildman–Crippen MR) is 182 cm³/mol. The van der Waals surface area contributed by atoms with Crippen LogP contribution in [0.15, 0.2) is 35.2 Å². The van der Waals surface area contributed by atoms with Crippen molar-refractivity contribution >= 4 is 45.5 Å². The van der Waals surface area contributed by atoms with Gasteiger partial charge in [-0.25, -0.2) is 17.9 Å². The average Bonchev–Trinajstić information content (AvgIpc) is 3.90. The summed E-state index contributed by atoms with van der Waals surface area (Å²) in [7, 11) is -4.22. The lowest BCUT2D eigenvalue weighted by Crippen LogP contribution is -2.65. The number of nitrogens with zero attached hydrogens (tertiary/aromatic N) is 1. The Hall–Kier alpha value is -4.01. The van der Waals surface area contributed by atoms with E-state index in [9.17, 15) is 37.2 Å². The molecule has 14 nitrogen and oxygen atoms in total. The maximum Gasteiger partial charge on any atom is 0.316 e. The van der Waals surface area contributed by atoms with Gasteiger partial charge in [-0.15, -0.1) is 0 Å². The highest BCUT2D eigenvalue weighted by Gasteiger charge is 2.70. The smallest absolute Gasteiger partial charge is 0.316 e. The van der Waals surface area contributed by atoms with E-state index in [2.05, 4.69) is 20.7 Å². The summed E-state index contributed by atoms with van der Waals surface area (Å²) >= 11 is 0. The number of sulfonamides is 1. The van der Waals surface area contributed by atoms with E-state index in [0.717, 1.165) is 19.3 Å². The van der Waals surface area contributed by atoms with Crippen molar-refractivity contribution < 1.29 is 37.2 Å². The summed E-state index contributed by atoms with van der Waals surface area (Å²) in [5.41, 5.74) is 2.65. The van der Waals surface area contributed by atoms with Gasteiger partial charge >= 0.3 is 6.03 Å². The highest BCUT2D eigenvalue weighted by atomic mass is 32.2. The molecule has 0 aromatic heterocycles. The van der Waals surface area contributed by atoms with Gasteiger partial charge in [0.1, 0.15) is 17.6 Å². The lowest BCUT2D eigenvalue weighted by atomic mass is 9.81. The minimum absolute atomic E-state index is 0.00568. The zero-order valence-electron chi connectivity index (χ0n) is 29.4. The molecular weight excluding hydrogens is 664 g/mol. The fourth-order valence-corrected chi connectivity index (χ4v) is 8.87. The van der Waals surface area contributed by atoms with Crippen molar-refractivity contribution in [3.63, 3.8) is 0 Å². The number of Topliss-reactive ketones (excluding diaryl/α,β-unsaturated/α-hetero) is 1. The Bertz CT molecular complexity index is 1650. The van der Waals surface area contributed by atoms with Crippen LogP contribution in [-0.2, 0) is 34.0 Å². The van der Waals surface area contributed by atoms with Crippen molar-refractivity contribution in [2.75, 3.05) is 6.54 Å². The Balaban J connectivity index is 1.34. The number of likely N-dealkylation sites (tertiary alicyclic amines) is 1. The van der Waals surface area contributed by atoms with Crippen LogP contribution in [0.1, 0.15) is 86.0 Å². The fourth-order valence-electron chi connectivity index (χ4n) is 7.80. The maximum atomic E-state index is 14.4. The summed E-state index contributed by atoms with van der Waals surface area (Å²) < 4.78 is 28.2. The van der Waals surface area contributed by atoms with Gasteiger partial charge in [-0.3, -0.25) is 24.0 Å². The van der Waals surface area contributed by atoms with Crippen molar-refractivity contribution in [1.29, 1.82) is 0 Å². The second kappa shape index (κ2) is 13.6. The molecule has 4 fully saturated rings. The Morgan fingerprint density at radius 1 is 0.960 bits per heavy atom. The van der Waals surface area contributed by atoms with Gasteiger partial charge in [-0.1, -0.05) is 84.9 Å². The van der Waals surface area contributed by atoms with Gasteiger partial charge in [0.05, 0.1) is 10.9 Å². The van der Waals surface area contributed by atoms with E-state index in [1.165, 1.54) is 29.2 Å². The first-order chi connectivity index (χ1) is 23.3. The summed E-state index contributed by atoms with van der Waals surface area (Å²) in [5, 5.41) is 8.22. The number of hydrogen-bond donors (Lipinski definition) is 5. The van der Waals surface area contributed by atoms with E-state index in [1.54, 1.807) is 26.8 Å². The molecular formula is C35H50N6O8S. The molecule has 3 aliphatic carbocycles. The monoisotopic (exact) mass is 714 g/mol. The van der Waals surface area contributed by atoms with Crippen LogP contribution in [-0.4, -0.2) is 79.0 Å². The summed E-state index contributed by atoms with van der Waals surface area (Å²) in [6.45, 7) is 9.57. The number of carbonyl (C=O) groups is 6. The van der Waals surface area contributed by atoms with Crippen LogP contribution < -0.4 is 26.4 Å². The number of urea groups is 1. The van der Waals surface area contributed by atoms with E-state index in [0.29, 0.717) is 19.3 Å². The maximum absolute atomic E-state index is 14.4. The van der Waals surface area contributed by atoms with Gasteiger partial charge in [0.15, 0.2) is 0 Å². The molecule has 50 heavy (non-hydrogen) atoms. The van der Waals surface area contributed by atoms with Gasteiger partial charge in [0.2, 0.25) is 17.6 Å². The van der Waals surface area contributed by atoms with Crippen molar-refractivity contribution in [3.05, 3.63) is 30.3 Å². The Morgan fingerprint density at radius 3 is 2.14 bits per heavy atom. The second-order valence-corrected chi connectivity index (χ2v) is 17.8. The molecule has 0 bridgehead atoms. The normalized spacial score (nSPS) is 24.9. The third kappa shape index (κ3) is 7.66. The van der Waals surface area contributed by atoms with Gasteiger partial charge in [0.25, 0.3) is 21.8 Å². The SMILES string of the molecule is CC(C)(C)[C@H](NC(=O)NC1(C(=O)NS(=O)(=O)c2ccccc2)CCCCC1)C(=O)N1C[C@H]2[C@@H]([C@H]1C(=O)NC(CC1CC1)C(=O)C(N)=O)C2(C)C. The van der Waals surface area contributed by atoms with Gasteiger partial charge < -0.3 is 26.6 Å². The standard InChI is InChI=1S/C35H50N6O8S/c1-33(2,3)27(38-32(47)39-35(16-10-7-11-17-35)31(46)40-50(48,49)21-12-8-6-9-13-21)30(45)41-19-22-24(34(22,4)5)25(41)29(44)37-23(18-20-14-15-20)26(42)28(36)43/h6,8-9,12-13,20,22-25,27H,7,10-11,14-19H2,1-5H3,(H2,36,43)(H,37,44)(H,40,46)(H2,38,39,47)/t22-,23?,24-,25-,27+/m0/s1. The highest BCUT2D eigenvalue weighted by molar-refractivity contribution is 7.90. The van der Waals surface area contributed by atoms with Gasteiger partial charge in [-0.2, -0.15) is 0 Å². The summed E-state index contributed by atoms with van der Waals surface area (Å²) in [6, 6.07) is 3.45. The molecule has 0 radical (unpaired) electrons. The number of benzene rings is 1. The predicted octanol–water partition coefficient (Wildman–Crippen LogP) is 1.73. The van der Waals surface area contributed by atoms with Crippen LogP contribution in [0.25, 0.3) is 0 Å². The number of amides is 6. The lowest BCUT2D eigenvalue weighted by molar-refractivity contribution is -0.145. The van der Waals surface area contributed by atoms with Crippen LogP contribution in [0, 0.1) is 28.6 Å². The number of nitrogens with two attached hydrogens (primary N) is 1. The molecule has 1 aromatic carbocycles. The van der Waals surface area contributed by atoms with Gasteiger partial charge in [-0.05, 0) is 60.0 Å². The number of fused-ring (bicyclic) bond motifs is 1. The minimum atomic E-state index is -4.22. The number of primary amides is 1. The quantitative estimate of drug-likeness (QED) is 0.201. The Kier molecular flexibility index (Phi) is 10.1. The topological polar surface area (TPSA) is 214 Å². The van der Waals surface area contributed by atoms with E-state index >= 15 is 0 Å². The zero-order chi connectivity index (χ0) is 36.8. The van der Waals surface area contributed by atoms with E-state index < -0.39 is 74.5 Å². The van der Waals surface area contributed by atoms with E-state index in [1.807, 2.05) is 13.8 Å². The number of carbonyl (C=O) groups excluding carboxylic acids is 6. The molecule has 6 N–H and O–H groups in total. The van der Waals surface area contributed by atoms with Gasteiger partial charge in [0, 0.05) is 6.54 Å². The average molecular weight is 715 g/mol. The number of rotatable bonds is 12. The van der Waals surface area contributed by atoms with Crippen LogP contribution in [0.5, 0.6) is 0 Å². The molecule has 6 amide bonds. The molecule has 3 saturated carbocycles. The summed E-state index contributed by atoms with van der Waals surface area (Å²) in [5.74, 6) is -3.93. The molecule has 274 valence electrons. The zero-order valence-corrected chi connectivity index (χ0v) is 30.2. The molecule has 5 atom stereocenters. The lowest BCUT2D eigenvalue weighted by Gasteiger charge is -2.40. The molecule has 1 heterocycles. The molecule has 15 heteroatoms. The molecule has 5 rings (SSSR count). The van der Waals surface area contributed by atoms with Crippen LogP contribution >= 0.6 is 0 Å². The fraction of sp³-hybridized carbons (Fsp3) is 0.657. The first-order valence-electron chi connectivity index (χ1n) is 17.4. The number of ketones is 1. The summed E-state index contributed by atoms with van der Waals surface area (Å²) in [4.78, 5) is 81.5. The first-order valence-corrected chi connectivity index (χ1v) is 18.9. The van der Waals surface area contributed by atoms with E-state index in [4.69, 9.17) is 5.73 Å². The molecule has 1 aromatic rings. The molecule has 4 aliphatic rings. The largest absolute Gasteiger partial charge is 0.363 e. The summed E-state index contributed by atoms with van der Waals surface area (Å²) in [6.07, 6.45) is 4.41. The van der Waals surface area contributed by atoms with E-state index in [-0.39, 0.29) is 47.5 Å². The molecule has 0 spiro atoms. The number of piperidine rings is 1. The van der Waals surface area contributed by atoms with Crippen molar-refractivity contribution in [2.24, 2.45) is 34.3 Å². The number of nitrogens with one attached hydrogen (secondary N) is 4. The van der Waals surface area contributed by atoms with Crippen molar-refractivity contribution in [2.45, 2.75) is 115 Å².